The second-order valence-electron chi connectivity index (χ2n) is 3.98. The fourth-order valence-electron chi connectivity index (χ4n) is 1.85. The van der Waals surface area contributed by atoms with Gasteiger partial charge in [-0.2, -0.15) is 0 Å². The molecule has 0 radical (unpaired) electrons. The number of hydrazine groups is 1. The SMILES string of the molecule is Cc1ccoc1C(Cc1ccccc1Cl)NN. The lowest BCUT2D eigenvalue weighted by atomic mass is 10.0. The van der Waals surface area contributed by atoms with Gasteiger partial charge in [-0.3, -0.25) is 5.84 Å². The van der Waals surface area contributed by atoms with E-state index in [2.05, 4.69) is 5.43 Å². The maximum absolute atomic E-state index is 6.13. The Labute approximate surface area is 106 Å². The largest absolute Gasteiger partial charge is 0.467 e. The van der Waals surface area contributed by atoms with E-state index < -0.39 is 0 Å². The molecule has 2 rings (SSSR count). The number of benzene rings is 1. The highest BCUT2D eigenvalue weighted by atomic mass is 35.5. The number of hydrogen-bond donors (Lipinski definition) is 2. The first kappa shape index (κ1) is 12.2. The second kappa shape index (κ2) is 5.36. The molecule has 1 aromatic heterocycles. The Kier molecular flexibility index (Phi) is 3.84. The lowest BCUT2D eigenvalue weighted by Crippen LogP contribution is -2.29. The van der Waals surface area contributed by atoms with E-state index in [4.69, 9.17) is 21.9 Å². The smallest absolute Gasteiger partial charge is 0.125 e. The predicted octanol–water partition coefficient (Wildman–Crippen LogP) is 2.99. The number of halogens is 1. The third kappa shape index (κ3) is 2.69. The number of nitrogens with two attached hydrogens (primary N) is 1. The van der Waals surface area contributed by atoms with Gasteiger partial charge in [0.15, 0.2) is 0 Å². The summed E-state index contributed by atoms with van der Waals surface area (Å²) in [4.78, 5) is 0. The highest BCUT2D eigenvalue weighted by Crippen LogP contribution is 2.25. The molecule has 17 heavy (non-hydrogen) atoms. The van der Waals surface area contributed by atoms with Crippen molar-refractivity contribution < 1.29 is 4.42 Å². The maximum Gasteiger partial charge on any atom is 0.125 e. The van der Waals surface area contributed by atoms with Crippen LogP contribution in [0.5, 0.6) is 0 Å². The summed E-state index contributed by atoms with van der Waals surface area (Å²) in [6, 6.07) is 9.60. The van der Waals surface area contributed by atoms with Crippen LogP contribution in [0.1, 0.15) is 22.9 Å². The first-order valence-electron chi connectivity index (χ1n) is 5.46. The van der Waals surface area contributed by atoms with Gasteiger partial charge in [0.25, 0.3) is 0 Å². The number of rotatable bonds is 4. The zero-order valence-electron chi connectivity index (χ0n) is 9.61. The Morgan fingerprint density at radius 3 is 2.71 bits per heavy atom. The minimum atomic E-state index is -0.0649. The molecule has 0 aliphatic carbocycles. The van der Waals surface area contributed by atoms with Crippen molar-refractivity contribution in [2.45, 2.75) is 19.4 Å². The molecule has 0 aliphatic rings. The predicted molar refractivity (Wildman–Crippen MR) is 68.7 cm³/mol. The van der Waals surface area contributed by atoms with Crippen molar-refractivity contribution in [2.75, 3.05) is 0 Å². The maximum atomic E-state index is 6.13. The number of aryl methyl sites for hydroxylation is 1. The van der Waals surface area contributed by atoms with Gasteiger partial charge < -0.3 is 4.42 Å². The minimum absolute atomic E-state index is 0.0649. The Hall–Kier alpha value is -1.29. The van der Waals surface area contributed by atoms with E-state index in [1.54, 1.807) is 6.26 Å². The van der Waals surface area contributed by atoms with Gasteiger partial charge in [-0.25, -0.2) is 5.43 Å². The Bertz CT molecular complexity index is 496. The molecular weight excluding hydrogens is 236 g/mol. The molecule has 1 aromatic carbocycles. The summed E-state index contributed by atoms with van der Waals surface area (Å²) >= 11 is 6.13. The summed E-state index contributed by atoms with van der Waals surface area (Å²) in [5, 5.41) is 0.747. The van der Waals surface area contributed by atoms with Crippen LogP contribution < -0.4 is 11.3 Å². The number of furan rings is 1. The van der Waals surface area contributed by atoms with Gasteiger partial charge in [0.1, 0.15) is 5.76 Å². The molecule has 4 heteroatoms. The fourth-order valence-corrected chi connectivity index (χ4v) is 2.07. The fraction of sp³-hybridized carbons (Fsp3) is 0.231. The van der Waals surface area contributed by atoms with Crippen LogP contribution in [0.4, 0.5) is 0 Å². The van der Waals surface area contributed by atoms with Gasteiger partial charge >= 0.3 is 0 Å². The van der Waals surface area contributed by atoms with Gasteiger partial charge in [0, 0.05) is 5.02 Å². The summed E-state index contributed by atoms with van der Waals surface area (Å²) in [5.74, 6) is 6.43. The van der Waals surface area contributed by atoms with Gasteiger partial charge in [-0.05, 0) is 36.6 Å². The Morgan fingerprint density at radius 1 is 1.35 bits per heavy atom. The highest BCUT2D eigenvalue weighted by molar-refractivity contribution is 6.31. The lowest BCUT2D eigenvalue weighted by Gasteiger charge is -2.15. The number of hydrogen-bond acceptors (Lipinski definition) is 3. The van der Waals surface area contributed by atoms with E-state index in [9.17, 15) is 0 Å². The minimum Gasteiger partial charge on any atom is -0.467 e. The summed E-state index contributed by atoms with van der Waals surface area (Å²) in [6.45, 7) is 2.00. The normalized spacial score (nSPS) is 12.6. The zero-order valence-corrected chi connectivity index (χ0v) is 10.4. The second-order valence-corrected chi connectivity index (χ2v) is 4.39. The summed E-state index contributed by atoms with van der Waals surface area (Å²) in [6.07, 6.45) is 2.37. The molecule has 2 aromatic rings. The van der Waals surface area contributed by atoms with Crippen molar-refractivity contribution >= 4 is 11.6 Å². The molecule has 3 nitrogen and oxygen atoms in total. The van der Waals surface area contributed by atoms with E-state index in [0.29, 0.717) is 6.42 Å². The summed E-state index contributed by atoms with van der Waals surface area (Å²) in [5.41, 5.74) is 4.90. The lowest BCUT2D eigenvalue weighted by molar-refractivity contribution is 0.413. The molecule has 0 saturated heterocycles. The number of nitrogens with one attached hydrogen (secondary N) is 1. The van der Waals surface area contributed by atoms with Crippen molar-refractivity contribution in [2.24, 2.45) is 5.84 Å². The van der Waals surface area contributed by atoms with Crippen LogP contribution >= 0.6 is 11.6 Å². The van der Waals surface area contributed by atoms with Crippen LogP contribution in [-0.2, 0) is 6.42 Å². The third-order valence-corrected chi connectivity index (χ3v) is 3.17. The van der Waals surface area contributed by atoms with E-state index in [-0.39, 0.29) is 6.04 Å². The van der Waals surface area contributed by atoms with E-state index >= 15 is 0 Å². The summed E-state index contributed by atoms with van der Waals surface area (Å²) in [7, 11) is 0. The van der Waals surface area contributed by atoms with Crippen molar-refractivity contribution in [1.82, 2.24) is 5.43 Å². The quantitative estimate of drug-likeness (QED) is 0.648. The summed E-state index contributed by atoms with van der Waals surface area (Å²) < 4.78 is 5.44. The first-order chi connectivity index (χ1) is 8.22. The molecule has 0 bridgehead atoms. The third-order valence-electron chi connectivity index (χ3n) is 2.80. The monoisotopic (exact) mass is 250 g/mol. The molecule has 0 spiro atoms. The van der Waals surface area contributed by atoms with Crippen LogP contribution in [0, 0.1) is 6.92 Å². The highest BCUT2D eigenvalue weighted by Gasteiger charge is 2.17. The van der Waals surface area contributed by atoms with E-state index in [1.807, 2.05) is 37.3 Å². The standard InChI is InChI=1S/C13H15ClN2O/c1-9-6-7-17-13(9)12(16-15)8-10-4-2-3-5-11(10)14/h2-7,12,16H,8,15H2,1H3. The van der Waals surface area contributed by atoms with Crippen LogP contribution in [0.15, 0.2) is 41.0 Å². The molecule has 3 N–H and O–H groups in total. The molecule has 0 saturated carbocycles. The average Bonchev–Trinajstić information content (AvgIpc) is 2.75. The van der Waals surface area contributed by atoms with E-state index in [1.165, 1.54) is 0 Å². The van der Waals surface area contributed by atoms with E-state index in [0.717, 1.165) is 21.9 Å². The van der Waals surface area contributed by atoms with Crippen LogP contribution in [0.25, 0.3) is 0 Å². The molecule has 0 fully saturated rings. The van der Waals surface area contributed by atoms with Crippen molar-refractivity contribution in [3.05, 3.63) is 58.5 Å². The average molecular weight is 251 g/mol. The van der Waals surface area contributed by atoms with Crippen molar-refractivity contribution in [3.8, 4) is 0 Å². The van der Waals surface area contributed by atoms with Gasteiger partial charge in [0.2, 0.25) is 0 Å². The Balaban J connectivity index is 2.22. The van der Waals surface area contributed by atoms with Crippen molar-refractivity contribution in [3.63, 3.8) is 0 Å². The Morgan fingerprint density at radius 2 is 2.12 bits per heavy atom. The van der Waals surface area contributed by atoms with Gasteiger partial charge in [0.05, 0.1) is 12.3 Å². The van der Waals surface area contributed by atoms with Crippen LogP contribution in [-0.4, -0.2) is 0 Å². The molecule has 1 heterocycles. The van der Waals surface area contributed by atoms with Gasteiger partial charge in [-0.15, -0.1) is 0 Å². The topological polar surface area (TPSA) is 51.2 Å². The van der Waals surface area contributed by atoms with Crippen LogP contribution in [0.3, 0.4) is 0 Å². The molecule has 0 amide bonds. The van der Waals surface area contributed by atoms with Gasteiger partial charge in [-0.1, -0.05) is 29.8 Å². The molecule has 90 valence electrons. The first-order valence-corrected chi connectivity index (χ1v) is 5.83. The van der Waals surface area contributed by atoms with Crippen LogP contribution in [0.2, 0.25) is 5.02 Å². The molecular formula is C13H15ClN2O. The zero-order chi connectivity index (χ0) is 12.3. The molecule has 1 atom stereocenters. The molecule has 0 aliphatic heterocycles. The molecule has 1 unspecified atom stereocenters. The van der Waals surface area contributed by atoms with Crippen molar-refractivity contribution in [1.29, 1.82) is 0 Å².